The fraction of sp³-hybridized carbons (Fsp3) is 0.800. The largest absolute Gasteiger partial charge is 0.251 e. The molecule has 7 heteroatoms. The first-order chi connectivity index (χ1) is 13.3. The van der Waals surface area contributed by atoms with Crippen molar-refractivity contribution < 1.29 is 0 Å². The van der Waals surface area contributed by atoms with Gasteiger partial charge in [0.05, 0.1) is 0 Å². The van der Waals surface area contributed by atoms with E-state index in [4.69, 9.17) is 12.2 Å². The van der Waals surface area contributed by atoms with E-state index in [9.17, 15) is 0 Å². The highest BCUT2D eigenvalue weighted by Gasteiger charge is 2.13. The molecule has 0 spiro atoms. The summed E-state index contributed by atoms with van der Waals surface area (Å²) in [5.74, 6) is 0.986. The molecule has 2 aromatic rings. The van der Waals surface area contributed by atoms with Crippen LogP contribution < -0.4 is 0 Å². The molecule has 2 rings (SSSR count). The highest BCUT2D eigenvalue weighted by atomic mass is 32.1. The fourth-order valence-electron chi connectivity index (χ4n) is 3.25. The Morgan fingerprint density at radius 2 is 1.41 bits per heavy atom. The van der Waals surface area contributed by atoms with Crippen LogP contribution in [-0.4, -0.2) is 25.0 Å². The summed E-state index contributed by atoms with van der Waals surface area (Å²) in [5, 5.41) is 18.0. The van der Waals surface area contributed by atoms with Crippen LogP contribution in [0, 0.1) is 4.77 Å². The molecular formula is C20H35N5S2. The normalized spacial score (nSPS) is 11.3. The Labute approximate surface area is 173 Å². The number of aromatic amines is 1. The number of unbranched alkanes of at least 4 members (excludes halogenated alkanes) is 10. The average molecular weight is 410 g/mol. The second-order valence-electron chi connectivity index (χ2n) is 7.29. The van der Waals surface area contributed by atoms with Gasteiger partial charge in [0.15, 0.2) is 0 Å². The SMILES string of the molecule is CCCCCCCCCCc1n[nH]c(=S)n1-c1nnc(CCCCCC)s1. The number of rotatable bonds is 15. The van der Waals surface area contributed by atoms with Gasteiger partial charge in [-0.25, -0.2) is 4.57 Å². The minimum Gasteiger partial charge on any atom is -0.251 e. The van der Waals surface area contributed by atoms with E-state index in [1.807, 2.05) is 4.57 Å². The van der Waals surface area contributed by atoms with Gasteiger partial charge in [-0.2, -0.15) is 5.10 Å². The summed E-state index contributed by atoms with van der Waals surface area (Å²) in [5.41, 5.74) is 0. The Kier molecular flexibility index (Phi) is 10.8. The van der Waals surface area contributed by atoms with Gasteiger partial charge in [0.25, 0.3) is 0 Å². The summed E-state index contributed by atoms with van der Waals surface area (Å²) in [6.45, 7) is 4.50. The molecule has 152 valence electrons. The molecule has 0 saturated carbocycles. The Morgan fingerprint density at radius 3 is 2.11 bits per heavy atom. The van der Waals surface area contributed by atoms with Gasteiger partial charge in [0, 0.05) is 12.8 Å². The van der Waals surface area contributed by atoms with Crippen molar-refractivity contribution in [1.29, 1.82) is 0 Å². The third-order valence-electron chi connectivity index (χ3n) is 4.89. The predicted octanol–water partition coefficient (Wildman–Crippen LogP) is 6.59. The molecule has 0 atom stereocenters. The first kappa shape index (κ1) is 22.2. The summed E-state index contributed by atoms with van der Waals surface area (Å²) in [6.07, 6.45) is 17.5. The molecule has 0 bridgehead atoms. The lowest BCUT2D eigenvalue weighted by molar-refractivity contribution is 0.570. The molecule has 0 unspecified atom stereocenters. The second kappa shape index (κ2) is 13.2. The number of nitrogens with zero attached hydrogens (tertiary/aromatic N) is 4. The van der Waals surface area contributed by atoms with Crippen LogP contribution in [0.5, 0.6) is 0 Å². The van der Waals surface area contributed by atoms with Crippen molar-refractivity contribution in [2.75, 3.05) is 0 Å². The molecule has 1 N–H and O–H groups in total. The molecule has 27 heavy (non-hydrogen) atoms. The second-order valence-corrected chi connectivity index (χ2v) is 8.72. The first-order valence-corrected chi connectivity index (χ1v) is 12.0. The topological polar surface area (TPSA) is 59.4 Å². The number of hydrogen-bond donors (Lipinski definition) is 1. The quantitative estimate of drug-likeness (QED) is 0.266. The van der Waals surface area contributed by atoms with Crippen LogP contribution >= 0.6 is 23.6 Å². The molecule has 0 amide bonds. The van der Waals surface area contributed by atoms with E-state index in [2.05, 4.69) is 34.2 Å². The zero-order valence-electron chi connectivity index (χ0n) is 17.0. The Morgan fingerprint density at radius 1 is 0.815 bits per heavy atom. The van der Waals surface area contributed by atoms with Gasteiger partial charge in [-0.3, -0.25) is 5.10 Å². The van der Waals surface area contributed by atoms with Gasteiger partial charge in [-0.15, -0.1) is 10.2 Å². The molecule has 0 aliphatic rings. The summed E-state index contributed by atoms with van der Waals surface area (Å²) in [7, 11) is 0. The number of H-pyrrole nitrogens is 1. The standard InChI is InChI=1S/C20H35N5S2/c1-3-5-7-9-10-11-12-13-15-17-21-23-19(26)25(17)20-24-22-18(27-20)16-14-8-6-4-2/h3-16H2,1-2H3,(H,23,26). The van der Waals surface area contributed by atoms with Crippen LogP contribution in [0.1, 0.15) is 102 Å². The van der Waals surface area contributed by atoms with Crippen molar-refractivity contribution in [3.63, 3.8) is 0 Å². The fourth-order valence-corrected chi connectivity index (χ4v) is 4.45. The number of hydrogen-bond acceptors (Lipinski definition) is 5. The van der Waals surface area contributed by atoms with Gasteiger partial charge in [0.2, 0.25) is 9.90 Å². The van der Waals surface area contributed by atoms with E-state index in [1.165, 1.54) is 70.6 Å². The third-order valence-corrected chi connectivity index (χ3v) is 6.13. The van der Waals surface area contributed by atoms with E-state index in [-0.39, 0.29) is 0 Å². The van der Waals surface area contributed by atoms with Gasteiger partial charge >= 0.3 is 0 Å². The minimum absolute atomic E-state index is 0.623. The van der Waals surface area contributed by atoms with Crippen molar-refractivity contribution in [2.45, 2.75) is 104 Å². The zero-order chi connectivity index (χ0) is 19.3. The van der Waals surface area contributed by atoms with Crippen LogP contribution in [0.3, 0.4) is 0 Å². The first-order valence-electron chi connectivity index (χ1n) is 10.7. The third kappa shape index (κ3) is 7.82. The van der Waals surface area contributed by atoms with E-state index >= 15 is 0 Å². The smallest absolute Gasteiger partial charge is 0.220 e. The molecule has 2 heterocycles. The van der Waals surface area contributed by atoms with Gasteiger partial charge in [-0.05, 0) is 25.1 Å². The van der Waals surface area contributed by atoms with Crippen LogP contribution in [0.4, 0.5) is 0 Å². The maximum atomic E-state index is 5.43. The summed E-state index contributed by atoms with van der Waals surface area (Å²) >= 11 is 7.08. The van der Waals surface area contributed by atoms with E-state index in [0.717, 1.165) is 35.2 Å². The van der Waals surface area contributed by atoms with Crippen LogP contribution in [0.25, 0.3) is 5.13 Å². The molecule has 0 aliphatic heterocycles. The van der Waals surface area contributed by atoms with Crippen molar-refractivity contribution >= 4 is 23.6 Å². The maximum absolute atomic E-state index is 5.43. The van der Waals surface area contributed by atoms with E-state index in [1.54, 1.807) is 11.3 Å². The van der Waals surface area contributed by atoms with Gasteiger partial charge in [-0.1, -0.05) is 89.4 Å². The molecule has 5 nitrogen and oxygen atoms in total. The van der Waals surface area contributed by atoms with Crippen molar-refractivity contribution in [1.82, 2.24) is 25.0 Å². The van der Waals surface area contributed by atoms with Crippen LogP contribution in [-0.2, 0) is 12.8 Å². The average Bonchev–Trinajstić information content (AvgIpc) is 3.27. The minimum atomic E-state index is 0.623. The van der Waals surface area contributed by atoms with Gasteiger partial charge in [0.1, 0.15) is 10.8 Å². The predicted molar refractivity (Wildman–Crippen MR) is 116 cm³/mol. The Hall–Kier alpha value is -1.08. The van der Waals surface area contributed by atoms with Crippen LogP contribution in [0.2, 0.25) is 0 Å². The highest BCUT2D eigenvalue weighted by molar-refractivity contribution is 7.71. The molecule has 0 aliphatic carbocycles. The summed E-state index contributed by atoms with van der Waals surface area (Å²) in [6, 6.07) is 0. The molecule has 0 radical (unpaired) electrons. The van der Waals surface area contributed by atoms with Crippen molar-refractivity contribution in [3.8, 4) is 5.13 Å². The lowest BCUT2D eigenvalue weighted by atomic mass is 10.1. The van der Waals surface area contributed by atoms with Crippen LogP contribution in [0.15, 0.2) is 0 Å². The highest BCUT2D eigenvalue weighted by Crippen LogP contribution is 2.20. The van der Waals surface area contributed by atoms with E-state index in [0.29, 0.717) is 4.77 Å². The summed E-state index contributed by atoms with van der Waals surface area (Å²) in [4.78, 5) is 0. The number of nitrogens with one attached hydrogen (secondary N) is 1. The number of aryl methyl sites for hydroxylation is 2. The lowest BCUT2D eigenvalue weighted by Crippen LogP contribution is -2.01. The van der Waals surface area contributed by atoms with Gasteiger partial charge < -0.3 is 0 Å². The summed E-state index contributed by atoms with van der Waals surface area (Å²) < 4.78 is 2.60. The monoisotopic (exact) mass is 409 g/mol. The zero-order valence-corrected chi connectivity index (χ0v) is 18.6. The Balaban J connectivity index is 1.80. The molecule has 2 aromatic heterocycles. The Bertz CT molecular complexity index is 689. The maximum Gasteiger partial charge on any atom is 0.220 e. The molecular weight excluding hydrogens is 374 g/mol. The molecule has 0 fully saturated rings. The molecule has 0 saturated heterocycles. The van der Waals surface area contributed by atoms with Crippen molar-refractivity contribution in [2.24, 2.45) is 0 Å². The van der Waals surface area contributed by atoms with Crippen molar-refractivity contribution in [3.05, 3.63) is 15.6 Å². The van der Waals surface area contributed by atoms with E-state index < -0.39 is 0 Å². The lowest BCUT2D eigenvalue weighted by Gasteiger charge is -2.03. The number of aromatic nitrogens is 5. The molecule has 0 aromatic carbocycles.